The summed E-state index contributed by atoms with van der Waals surface area (Å²) in [7, 11) is 1.78. The Hall–Kier alpha value is -1.74. The highest BCUT2D eigenvalue weighted by atomic mass is 35.5. The fraction of sp³-hybridized carbons (Fsp3) is 0.214. The first-order valence-electron chi connectivity index (χ1n) is 5.77. The van der Waals surface area contributed by atoms with Crippen molar-refractivity contribution in [3.8, 4) is 0 Å². The summed E-state index contributed by atoms with van der Waals surface area (Å²) in [6.45, 7) is 4.31. The van der Waals surface area contributed by atoms with Gasteiger partial charge in [-0.25, -0.2) is 0 Å². The molecule has 2 rings (SSSR count). The van der Waals surface area contributed by atoms with Gasteiger partial charge in [-0.1, -0.05) is 29.8 Å². The number of H-pyrrole nitrogens is 1. The van der Waals surface area contributed by atoms with Crippen molar-refractivity contribution in [2.24, 2.45) is 0 Å². The van der Waals surface area contributed by atoms with Gasteiger partial charge in [0, 0.05) is 19.0 Å². The van der Waals surface area contributed by atoms with E-state index in [2.05, 4.69) is 11.6 Å². The van der Waals surface area contributed by atoms with Gasteiger partial charge in [-0.3, -0.25) is 4.79 Å². The molecule has 2 aromatic rings. The molecule has 1 aromatic carbocycles. The average molecular weight is 263 g/mol. The Bertz CT molecular complexity index is 588. The molecule has 0 aliphatic carbocycles. The third-order valence-corrected chi connectivity index (χ3v) is 3.17. The number of nitrogens with zero attached hydrogens (tertiary/aromatic N) is 1. The van der Waals surface area contributed by atoms with E-state index in [0.29, 0.717) is 17.3 Å². The van der Waals surface area contributed by atoms with E-state index in [0.717, 1.165) is 17.3 Å². The summed E-state index contributed by atoms with van der Waals surface area (Å²) in [6.07, 6.45) is 2.58. The topological polar surface area (TPSA) is 36.1 Å². The molecule has 0 saturated carbocycles. The van der Waals surface area contributed by atoms with Crippen LogP contribution in [0.4, 0.5) is 0 Å². The second-order valence-corrected chi connectivity index (χ2v) is 4.60. The molecular weight excluding hydrogens is 248 g/mol. The van der Waals surface area contributed by atoms with Gasteiger partial charge >= 0.3 is 0 Å². The second-order valence-electron chi connectivity index (χ2n) is 4.19. The summed E-state index contributed by atoms with van der Waals surface area (Å²) < 4.78 is 0. The van der Waals surface area contributed by atoms with Crippen molar-refractivity contribution in [3.05, 3.63) is 47.6 Å². The van der Waals surface area contributed by atoms with E-state index in [-0.39, 0.29) is 5.91 Å². The predicted octanol–water partition coefficient (Wildman–Crippen LogP) is 3.47. The molecule has 0 fully saturated rings. The number of fused-ring (bicyclic) bond motifs is 1. The Morgan fingerprint density at radius 1 is 1.56 bits per heavy atom. The fourth-order valence-corrected chi connectivity index (χ4v) is 2.06. The summed E-state index contributed by atoms with van der Waals surface area (Å²) >= 11 is 6.07. The molecule has 94 valence electrons. The molecule has 0 atom stereocenters. The first-order chi connectivity index (χ1) is 8.63. The number of benzene rings is 1. The summed E-state index contributed by atoms with van der Waals surface area (Å²) in [5, 5.41) is 1.57. The Kier molecular flexibility index (Phi) is 3.72. The van der Waals surface area contributed by atoms with Gasteiger partial charge in [-0.15, -0.1) is 6.58 Å². The lowest BCUT2D eigenvalue weighted by molar-refractivity contribution is 0.0792. The maximum absolute atomic E-state index is 12.1. The summed E-state index contributed by atoms with van der Waals surface area (Å²) in [4.78, 5) is 16.9. The SMILES string of the molecule is C=CCCN(C)C(=O)c1cc2cccc(Cl)c2[nH]1. The van der Waals surface area contributed by atoms with Gasteiger partial charge < -0.3 is 9.88 Å². The molecule has 1 heterocycles. The quantitative estimate of drug-likeness (QED) is 0.842. The molecule has 0 aliphatic rings. The van der Waals surface area contributed by atoms with E-state index < -0.39 is 0 Å². The third kappa shape index (κ3) is 2.41. The molecule has 4 heteroatoms. The molecule has 18 heavy (non-hydrogen) atoms. The highest BCUT2D eigenvalue weighted by Gasteiger charge is 2.14. The van der Waals surface area contributed by atoms with Crippen molar-refractivity contribution in [1.82, 2.24) is 9.88 Å². The summed E-state index contributed by atoms with van der Waals surface area (Å²) in [5.74, 6) is -0.0379. The van der Waals surface area contributed by atoms with Gasteiger partial charge in [0.15, 0.2) is 0 Å². The molecular formula is C14H15ClN2O. The van der Waals surface area contributed by atoms with Gasteiger partial charge in [0.25, 0.3) is 5.91 Å². The Balaban J connectivity index is 2.28. The monoisotopic (exact) mass is 262 g/mol. The number of aromatic amines is 1. The highest BCUT2D eigenvalue weighted by molar-refractivity contribution is 6.35. The molecule has 1 amide bonds. The lowest BCUT2D eigenvalue weighted by Gasteiger charge is -2.14. The molecule has 0 spiro atoms. The zero-order valence-corrected chi connectivity index (χ0v) is 11.0. The lowest BCUT2D eigenvalue weighted by Crippen LogP contribution is -2.27. The highest BCUT2D eigenvalue weighted by Crippen LogP contribution is 2.23. The minimum atomic E-state index is -0.0379. The number of carbonyl (C=O) groups is 1. The van der Waals surface area contributed by atoms with Gasteiger partial charge in [-0.05, 0) is 18.6 Å². The number of halogens is 1. The second kappa shape index (κ2) is 5.27. The number of hydrogen-bond acceptors (Lipinski definition) is 1. The minimum Gasteiger partial charge on any atom is -0.349 e. The number of amides is 1. The molecule has 0 saturated heterocycles. The van der Waals surface area contributed by atoms with Gasteiger partial charge in [0.2, 0.25) is 0 Å². The normalized spacial score (nSPS) is 10.6. The summed E-state index contributed by atoms with van der Waals surface area (Å²) in [5.41, 5.74) is 1.37. The smallest absolute Gasteiger partial charge is 0.270 e. The Morgan fingerprint density at radius 3 is 3.00 bits per heavy atom. The predicted molar refractivity (Wildman–Crippen MR) is 75.1 cm³/mol. The van der Waals surface area contributed by atoms with Crippen molar-refractivity contribution < 1.29 is 4.79 Å². The number of nitrogens with one attached hydrogen (secondary N) is 1. The van der Waals surface area contributed by atoms with Gasteiger partial charge in [-0.2, -0.15) is 0 Å². The average Bonchev–Trinajstić information content (AvgIpc) is 2.80. The minimum absolute atomic E-state index is 0.0379. The van der Waals surface area contributed by atoms with Crippen molar-refractivity contribution in [2.45, 2.75) is 6.42 Å². The van der Waals surface area contributed by atoms with E-state index in [1.54, 1.807) is 24.1 Å². The fourth-order valence-electron chi connectivity index (χ4n) is 1.83. The number of carbonyl (C=O) groups excluding carboxylic acids is 1. The van der Waals surface area contributed by atoms with Crippen molar-refractivity contribution >= 4 is 28.4 Å². The maximum Gasteiger partial charge on any atom is 0.270 e. The molecule has 0 radical (unpaired) electrons. The molecule has 1 aromatic heterocycles. The maximum atomic E-state index is 12.1. The number of aromatic nitrogens is 1. The molecule has 0 bridgehead atoms. The van der Waals surface area contributed by atoms with Crippen LogP contribution in [0.5, 0.6) is 0 Å². The third-order valence-electron chi connectivity index (χ3n) is 2.85. The zero-order valence-electron chi connectivity index (χ0n) is 10.2. The largest absolute Gasteiger partial charge is 0.349 e. The Morgan fingerprint density at radius 2 is 2.33 bits per heavy atom. The molecule has 1 N–H and O–H groups in total. The molecule has 0 aliphatic heterocycles. The van der Waals surface area contributed by atoms with Crippen LogP contribution in [0.2, 0.25) is 5.02 Å². The van der Waals surface area contributed by atoms with Gasteiger partial charge in [0.1, 0.15) is 5.69 Å². The van der Waals surface area contributed by atoms with Crippen molar-refractivity contribution in [1.29, 1.82) is 0 Å². The van der Waals surface area contributed by atoms with Crippen LogP contribution in [0.25, 0.3) is 10.9 Å². The first-order valence-corrected chi connectivity index (χ1v) is 6.15. The van der Waals surface area contributed by atoms with Crippen LogP contribution < -0.4 is 0 Å². The first kappa shape index (κ1) is 12.7. The standard InChI is InChI=1S/C14H15ClN2O/c1-3-4-8-17(2)14(18)12-9-10-6-5-7-11(15)13(10)16-12/h3,5-7,9,16H,1,4,8H2,2H3. The van der Waals surface area contributed by atoms with Crippen LogP contribution in [-0.4, -0.2) is 29.4 Å². The molecule has 0 unspecified atom stereocenters. The molecule has 3 nitrogen and oxygen atoms in total. The van der Waals surface area contributed by atoms with Crippen LogP contribution in [0.3, 0.4) is 0 Å². The van der Waals surface area contributed by atoms with Crippen molar-refractivity contribution in [2.75, 3.05) is 13.6 Å². The van der Waals surface area contributed by atoms with Gasteiger partial charge in [0.05, 0.1) is 10.5 Å². The number of hydrogen-bond donors (Lipinski definition) is 1. The lowest BCUT2D eigenvalue weighted by atomic mass is 10.2. The van der Waals surface area contributed by atoms with E-state index in [1.807, 2.05) is 18.2 Å². The number of rotatable bonds is 4. The van der Waals surface area contributed by atoms with Crippen molar-refractivity contribution in [3.63, 3.8) is 0 Å². The van der Waals surface area contributed by atoms with Crippen LogP contribution in [-0.2, 0) is 0 Å². The summed E-state index contributed by atoms with van der Waals surface area (Å²) in [6, 6.07) is 7.43. The van der Waals surface area contributed by atoms with E-state index >= 15 is 0 Å². The van der Waals surface area contributed by atoms with Crippen LogP contribution >= 0.6 is 11.6 Å². The Labute approximate surface area is 111 Å². The van der Waals surface area contributed by atoms with E-state index in [9.17, 15) is 4.79 Å². The zero-order chi connectivity index (χ0) is 13.1. The number of para-hydroxylation sites is 1. The van der Waals surface area contributed by atoms with Crippen LogP contribution in [0, 0.1) is 0 Å². The van der Waals surface area contributed by atoms with E-state index in [4.69, 9.17) is 11.6 Å². The van der Waals surface area contributed by atoms with Crippen LogP contribution in [0.15, 0.2) is 36.9 Å². The van der Waals surface area contributed by atoms with Crippen LogP contribution in [0.1, 0.15) is 16.9 Å². The van der Waals surface area contributed by atoms with E-state index in [1.165, 1.54) is 0 Å².